The Morgan fingerprint density at radius 2 is 1.78 bits per heavy atom. The van der Waals surface area contributed by atoms with Crippen LogP contribution in [0.5, 0.6) is 11.5 Å². The van der Waals surface area contributed by atoms with Gasteiger partial charge in [-0.05, 0) is 24.6 Å². The summed E-state index contributed by atoms with van der Waals surface area (Å²) in [6.45, 7) is 0.589. The molecule has 1 aliphatic rings. The predicted molar refractivity (Wildman–Crippen MR) is 142 cm³/mol. The van der Waals surface area contributed by atoms with Crippen LogP contribution in [0.15, 0.2) is 48.8 Å². The van der Waals surface area contributed by atoms with Crippen LogP contribution in [0.25, 0.3) is 33.0 Å². The standard InChI is InChI=1S/C26H25N5O4S/c1-34-19-9-8-15-17(13-31(22(15)23(19)35-2)10-5-11-36-26(27)28)21-20(24(32)30-25(21)33)16-12-29-18-7-4-3-6-14(16)18/h3-4,6-9,12-13,29H,5,10-11H2,1-2H3,(H3,27,28)(H,30,32,33). The Kier molecular flexibility index (Phi) is 6.19. The van der Waals surface area contributed by atoms with E-state index in [0.717, 1.165) is 28.2 Å². The minimum atomic E-state index is -0.443. The second-order valence-corrected chi connectivity index (χ2v) is 9.42. The fraction of sp³-hybridized carbons (Fsp3) is 0.192. The van der Waals surface area contributed by atoms with E-state index >= 15 is 0 Å². The van der Waals surface area contributed by atoms with Crippen LogP contribution in [-0.4, -0.2) is 46.5 Å². The number of amidine groups is 1. The van der Waals surface area contributed by atoms with E-state index in [4.69, 9.17) is 20.6 Å². The second kappa shape index (κ2) is 9.46. The van der Waals surface area contributed by atoms with Crippen LogP contribution < -0.4 is 20.5 Å². The summed E-state index contributed by atoms with van der Waals surface area (Å²) in [6.07, 6.45) is 4.38. The monoisotopic (exact) mass is 503 g/mol. The van der Waals surface area contributed by atoms with Crippen molar-refractivity contribution in [2.24, 2.45) is 5.73 Å². The molecule has 9 nitrogen and oxygen atoms in total. The molecule has 0 saturated carbocycles. The molecule has 0 unspecified atom stereocenters. The topological polar surface area (TPSA) is 135 Å². The van der Waals surface area contributed by atoms with Gasteiger partial charge in [0.15, 0.2) is 16.7 Å². The largest absolute Gasteiger partial charge is 0.493 e. The molecule has 3 heterocycles. The third kappa shape index (κ3) is 3.89. The van der Waals surface area contributed by atoms with Gasteiger partial charge in [-0.1, -0.05) is 30.0 Å². The summed E-state index contributed by atoms with van der Waals surface area (Å²) in [6, 6.07) is 11.3. The summed E-state index contributed by atoms with van der Waals surface area (Å²) in [5.74, 6) is 0.894. The summed E-state index contributed by atoms with van der Waals surface area (Å²) >= 11 is 1.28. The summed E-state index contributed by atoms with van der Waals surface area (Å²) < 4.78 is 13.2. The van der Waals surface area contributed by atoms with Crippen LogP contribution in [0.3, 0.4) is 0 Å². The van der Waals surface area contributed by atoms with Gasteiger partial charge in [-0.3, -0.25) is 20.3 Å². The van der Waals surface area contributed by atoms with Gasteiger partial charge in [-0.15, -0.1) is 0 Å². The highest BCUT2D eigenvalue weighted by molar-refractivity contribution is 8.13. The maximum atomic E-state index is 13.2. The Balaban J connectivity index is 1.73. The molecule has 0 atom stereocenters. The fourth-order valence-electron chi connectivity index (χ4n) is 4.74. The lowest BCUT2D eigenvalue weighted by molar-refractivity contribution is -0.122. The summed E-state index contributed by atoms with van der Waals surface area (Å²) in [4.78, 5) is 29.4. The highest BCUT2D eigenvalue weighted by Gasteiger charge is 2.35. The molecule has 1 aliphatic heterocycles. The molecule has 0 spiro atoms. The molecule has 0 bridgehead atoms. The smallest absolute Gasteiger partial charge is 0.259 e. The van der Waals surface area contributed by atoms with Crippen molar-refractivity contribution in [2.75, 3.05) is 20.0 Å². The Labute approximate surface area is 211 Å². The van der Waals surface area contributed by atoms with Gasteiger partial charge >= 0.3 is 0 Å². The first-order valence-corrected chi connectivity index (χ1v) is 12.3. The van der Waals surface area contributed by atoms with E-state index in [0.29, 0.717) is 46.1 Å². The van der Waals surface area contributed by atoms with Crippen molar-refractivity contribution in [2.45, 2.75) is 13.0 Å². The van der Waals surface area contributed by atoms with Crippen LogP contribution in [-0.2, 0) is 16.1 Å². The minimum absolute atomic E-state index is 0.0713. The van der Waals surface area contributed by atoms with Crippen molar-refractivity contribution >= 4 is 61.7 Å². The molecule has 0 fully saturated rings. The van der Waals surface area contributed by atoms with Crippen LogP contribution in [0.4, 0.5) is 0 Å². The van der Waals surface area contributed by atoms with Crippen molar-refractivity contribution in [1.29, 1.82) is 5.41 Å². The molecule has 5 rings (SSSR count). The van der Waals surface area contributed by atoms with E-state index in [1.54, 1.807) is 26.5 Å². The number of benzene rings is 2. The second-order valence-electron chi connectivity index (χ2n) is 8.28. The number of fused-ring (bicyclic) bond motifs is 2. The number of hydrogen-bond donors (Lipinski definition) is 4. The molecule has 0 saturated heterocycles. The lowest BCUT2D eigenvalue weighted by Crippen LogP contribution is -2.22. The number of imide groups is 1. The van der Waals surface area contributed by atoms with E-state index in [9.17, 15) is 9.59 Å². The van der Waals surface area contributed by atoms with Crippen molar-refractivity contribution in [3.8, 4) is 11.5 Å². The number of nitrogens with two attached hydrogens (primary N) is 1. The molecular formula is C26H25N5O4S. The Morgan fingerprint density at radius 3 is 2.50 bits per heavy atom. The number of aromatic amines is 1. The quantitative estimate of drug-likeness (QED) is 0.125. The molecule has 5 N–H and O–H groups in total. The first kappa shape index (κ1) is 23.6. The van der Waals surface area contributed by atoms with Gasteiger partial charge in [0.05, 0.1) is 30.9 Å². The van der Waals surface area contributed by atoms with Gasteiger partial charge in [0.2, 0.25) is 0 Å². The molecular weight excluding hydrogens is 478 g/mol. The maximum absolute atomic E-state index is 13.2. The van der Waals surface area contributed by atoms with Crippen LogP contribution in [0.1, 0.15) is 17.5 Å². The Morgan fingerprint density at radius 1 is 1.03 bits per heavy atom. The van der Waals surface area contributed by atoms with E-state index in [-0.39, 0.29) is 5.17 Å². The van der Waals surface area contributed by atoms with Crippen molar-refractivity contribution in [3.63, 3.8) is 0 Å². The highest BCUT2D eigenvalue weighted by atomic mass is 32.2. The Bertz CT molecular complexity index is 1570. The molecule has 4 aromatic rings. The average molecular weight is 504 g/mol. The third-order valence-corrected chi connectivity index (χ3v) is 7.05. The number of carbonyl (C=O) groups excluding carboxylic acids is 2. The highest BCUT2D eigenvalue weighted by Crippen LogP contribution is 2.43. The molecule has 2 aromatic heterocycles. The number of thioether (sulfide) groups is 1. The molecule has 10 heteroatoms. The van der Waals surface area contributed by atoms with Gasteiger partial charge in [-0.2, -0.15) is 0 Å². The van der Waals surface area contributed by atoms with E-state index in [1.165, 1.54) is 11.8 Å². The zero-order chi connectivity index (χ0) is 25.4. The molecule has 184 valence electrons. The van der Waals surface area contributed by atoms with Gasteiger partial charge in [0.1, 0.15) is 0 Å². The fourth-order valence-corrected chi connectivity index (χ4v) is 5.24. The zero-order valence-corrected chi connectivity index (χ0v) is 20.6. The molecule has 2 aromatic carbocycles. The van der Waals surface area contributed by atoms with Gasteiger partial charge in [0, 0.05) is 52.1 Å². The molecule has 0 aliphatic carbocycles. The number of hydrogen-bond acceptors (Lipinski definition) is 6. The number of ether oxygens (including phenoxy) is 2. The van der Waals surface area contributed by atoms with Crippen LogP contribution in [0, 0.1) is 5.41 Å². The predicted octanol–water partition coefficient (Wildman–Crippen LogP) is 3.72. The molecule has 0 radical (unpaired) electrons. The van der Waals surface area contributed by atoms with E-state index < -0.39 is 11.8 Å². The number of aryl methyl sites for hydroxylation is 1. The third-order valence-electron chi connectivity index (χ3n) is 6.24. The van der Waals surface area contributed by atoms with Gasteiger partial charge in [0.25, 0.3) is 11.8 Å². The van der Waals surface area contributed by atoms with Crippen molar-refractivity contribution in [1.82, 2.24) is 14.9 Å². The summed E-state index contributed by atoms with van der Waals surface area (Å²) in [5.41, 5.74) is 9.07. The van der Waals surface area contributed by atoms with Crippen LogP contribution >= 0.6 is 11.8 Å². The lowest BCUT2D eigenvalue weighted by Gasteiger charge is -2.12. The number of nitrogens with zero attached hydrogens (tertiary/aromatic N) is 1. The summed E-state index contributed by atoms with van der Waals surface area (Å²) in [5, 5.41) is 11.6. The molecule has 2 amide bonds. The first-order chi connectivity index (χ1) is 17.4. The minimum Gasteiger partial charge on any atom is -0.493 e. The first-order valence-electron chi connectivity index (χ1n) is 11.3. The van der Waals surface area contributed by atoms with E-state index in [1.807, 2.05) is 41.1 Å². The number of H-pyrrole nitrogens is 1. The number of para-hydroxylation sites is 1. The van der Waals surface area contributed by atoms with Gasteiger partial charge in [-0.25, -0.2) is 0 Å². The zero-order valence-electron chi connectivity index (χ0n) is 19.8. The maximum Gasteiger partial charge on any atom is 0.259 e. The SMILES string of the molecule is COc1ccc2c(C3=C(c4c[nH]c5ccccc45)C(=O)NC3=O)cn(CCCSC(=N)N)c2c1OC. The van der Waals surface area contributed by atoms with Gasteiger partial charge < -0.3 is 24.8 Å². The number of aromatic nitrogens is 2. The van der Waals surface area contributed by atoms with Crippen molar-refractivity contribution in [3.05, 3.63) is 59.9 Å². The van der Waals surface area contributed by atoms with E-state index in [2.05, 4.69) is 10.3 Å². The number of amides is 2. The lowest BCUT2D eigenvalue weighted by atomic mass is 9.95. The van der Waals surface area contributed by atoms with Crippen molar-refractivity contribution < 1.29 is 19.1 Å². The number of methoxy groups -OCH3 is 2. The van der Waals surface area contributed by atoms with Crippen LogP contribution in [0.2, 0.25) is 0 Å². The Hall–Kier alpha value is -4.18. The molecule has 36 heavy (non-hydrogen) atoms. The normalized spacial score (nSPS) is 13.6. The number of nitrogens with one attached hydrogen (secondary N) is 3. The summed E-state index contributed by atoms with van der Waals surface area (Å²) in [7, 11) is 3.14. The average Bonchev–Trinajstić information content (AvgIpc) is 3.53. The number of carbonyl (C=O) groups is 2. The number of rotatable bonds is 8.